The summed E-state index contributed by atoms with van der Waals surface area (Å²) in [4.78, 5) is 11.3. The van der Waals surface area contributed by atoms with Crippen molar-refractivity contribution in [2.45, 2.75) is 25.1 Å². The maximum atomic E-state index is 11.3. The average molecular weight is 414 g/mol. The molecule has 0 aliphatic heterocycles. The van der Waals surface area contributed by atoms with Gasteiger partial charge >= 0.3 is 0 Å². The van der Waals surface area contributed by atoms with Crippen molar-refractivity contribution in [2.75, 3.05) is 19.5 Å². The van der Waals surface area contributed by atoms with Crippen LogP contribution < -0.4 is 9.47 Å². The Balaban J connectivity index is 1.59. The van der Waals surface area contributed by atoms with Gasteiger partial charge in [-0.2, -0.15) is 4.68 Å². The number of Topliss-reactive ketones (excluding diaryl/α,β-unsaturated/α-hetero) is 1. The number of methoxy groups -OCH3 is 1. The molecule has 3 rings (SSSR count). The molecule has 0 amide bonds. The van der Waals surface area contributed by atoms with Gasteiger partial charge in [0.2, 0.25) is 5.16 Å². The average Bonchev–Trinajstić information content (AvgIpc) is 3.19. The van der Waals surface area contributed by atoms with Gasteiger partial charge in [-0.25, -0.2) is 0 Å². The van der Waals surface area contributed by atoms with E-state index in [9.17, 15) is 9.90 Å². The third-order valence-corrected chi connectivity index (χ3v) is 5.18. The van der Waals surface area contributed by atoms with Gasteiger partial charge in [0.05, 0.1) is 13.2 Å². The number of benzene rings is 2. The topological polar surface area (TPSA) is 99.4 Å². The number of rotatable bonds is 9. The Hall–Kier alpha value is -2.91. The van der Waals surface area contributed by atoms with E-state index in [1.165, 1.54) is 18.7 Å². The van der Waals surface area contributed by atoms with Crippen molar-refractivity contribution >= 4 is 17.5 Å². The quantitative estimate of drug-likeness (QED) is 0.421. The molecular formula is C20H22N4O4S. The van der Waals surface area contributed by atoms with E-state index >= 15 is 0 Å². The van der Waals surface area contributed by atoms with Crippen molar-refractivity contribution in [1.82, 2.24) is 20.2 Å². The lowest BCUT2D eigenvalue weighted by atomic mass is 10.1. The molecule has 152 valence electrons. The molecule has 8 nitrogen and oxygen atoms in total. The van der Waals surface area contributed by atoms with E-state index in [0.717, 1.165) is 11.3 Å². The van der Waals surface area contributed by atoms with Crippen molar-refractivity contribution in [3.05, 3.63) is 53.6 Å². The molecule has 0 fully saturated rings. The molecule has 1 aromatic heterocycles. The summed E-state index contributed by atoms with van der Waals surface area (Å²) >= 11 is 1.32. The predicted octanol–water partition coefficient (Wildman–Crippen LogP) is 2.71. The summed E-state index contributed by atoms with van der Waals surface area (Å²) in [6, 6.07) is 12.6. The zero-order chi connectivity index (χ0) is 20.8. The number of aromatic nitrogens is 4. The van der Waals surface area contributed by atoms with Crippen molar-refractivity contribution in [1.29, 1.82) is 0 Å². The minimum absolute atomic E-state index is 0.00375. The minimum atomic E-state index is -0.725. The summed E-state index contributed by atoms with van der Waals surface area (Å²) in [6.07, 6.45) is -0.725. The smallest absolute Gasteiger partial charge is 0.214 e. The molecule has 0 saturated carbocycles. The van der Waals surface area contributed by atoms with Crippen LogP contribution in [0.15, 0.2) is 47.6 Å². The maximum Gasteiger partial charge on any atom is 0.214 e. The number of thioether (sulfide) groups is 1. The second kappa shape index (κ2) is 9.53. The van der Waals surface area contributed by atoms with Crippen LogP contribution in [-0.4, -0.2) is 56.7 Å². The van der Waals surface area contributed by atoms with Crippen LogP contribution >= 0.6 is 11.8 Å². The highest BCUT2D eigenvalue weighted by molar-refractivity contribution is 7.99. The van der Waals surface area contributed by atoms with Crippen molar-refractivity contribution < 1.29 is 19.4 Å². The molecule has 1 atom stereocenters. The first-order valence-electron chi connectivity index (χ1n) is 8.96. The molecular weight excluding hydrogens is 392 g/mol. The van der Waals surface area contributed by atoms with E-state index in [-0.39, 0.29) is 12.4 Å². The summed E-state index contributed by atoms with van der Waals surface area (Å²) < 4.78 is 12.6. The number of aliphatic hydroxyl groups is 1. The third kappa shape index (κ3) is 5.33. The second-order valence-electron chi connectivity index (χ2n) is 6.40. The highest BCUT2D eigenvalue weighted by atomic mass is 32.2. The van der Waals surface area contributed by atoms with E-state index in [2.05, 4.69) is 15.5 Å². The number of carbonyl (C=O) groups excluding carboxylic acids is 1. The predicted molar refractivity (Wildman–Crippen MR) is 109 cm³/mol. The van der Waals surface area contributed by atoms with Gasteiger partial charge in [0.1, 0.15) is 23.8 Å². The molecule has 0 aliphatic rings. The SMILES string of the molecule is COc1ccc(C)cc1-n1nnnc1SC[C@H](O)COc1ccc(C(C)=O)cc1. The molecule has 1 heterocycles. The summed E-state index contributed by atoms with van der Waals surface area (Å²) in [7, 11) is 1.59. The van der Waals surface area contributed by atoms with E-state index in [0.29, 0.717) is 28.0 Å². The molecule has 0 spiro atoms. The number of tetrazole rings is 1. The van der Waals surface area contributed by atoms with Crippen molar-refractivity contribution in [3.63, 3.8) is 0 Å². The Bertz CT molecular complexity index is 975. The molecule has 0 saturated heterocycles. The van der Waals surface area contributed by atoms with E-state index in [4.69, 9.17) is 9.47 Å². The Labute approximate surface area is 172 Å². The van der Waals surface area contributed by atoms with Crippen LogP contribution in [0.1, 0.15) is 22.8 Å². The first kappa shape index (κ1) is 20.8. The largest absolute Gasteiger partial charge is 0.494 e. The fourth-order valence-corrected chi connectivity index (χ4v) is 3.37. The molecule has 0 bridgehead atoms. The van der Waals surface area contributed by atoms with Crippen LogP contribution in [0, 0.1) is 6.92 Å². The Kier molecular flexibility index (Phi) is 6.84. The van der Waals surface area contributed by atoms with Gasteiger partial charge in [-0.15, -0.1) is 5.10 Å². The number of nitrogens with zero attached hydrogens (tertiary/aromatic N) is 4. The lowest BCUT2D eigenvalue weighted by molar-refractivity contribution is 0.101. The molecule has 1 N–H and O–H groups in total. The Morgan fingerprint density at radius 2 is 2.00 bits per heavy atom. The standard InChI is InChI=1S/C20H22N4O4S/c1-13-4-9-19(27-3)18(10-13)24-20(21-22-23-24)29-12-16(26)11-28-17-7-5-15(6-8-17)14(2)25/h4-10,16,26H,11-12H2,1-3H3/t16-/m1/s1. The highest BCUT2D eigenvalue weighted by Crippen LogP contribution is 2.27. The second-order valence-corrected chi connectivity index (χ2v) is 7.39. The molecule has 0 radical (unpaired) electrons. The third-order valence-electron chi connectivity index (χ3n) is 4.11. The monoisotopic (exact) mass is 414 g/mol. The molecule has 2 aromatic carbocycles. The zero-order valence-corrected chi connectivity index (χ0v) is 17.2. The Morgan fingerprint density at radius 1 is 1.24 bits per heavy atom. The lowest BCUT2D eigenvalue weighted by Gasteiger charge is -2.13. The highest BCUT2D eigenvalue weighted by Gasteiger charge is 2.16. The Morgan fingerprint density at radius 3 is 2.69 bits per heavy atom. The number of hydrogen-bond acceptors (Lipinski definition) is 8. The first-order chi connectivity index (χ1) is 14.0. The first-order valence-corrected chi connectivity index (χ1v) is 9.94. The molecule has 29 heavy (non-hydrogen) atoms. The van der Waals surface area contributed by atoms with E-state index < -0.39 is 6.10 Å². The van der Waals surface area contributed by atoms with Crippen LogP contribution in [0.25, 0.3) is 5.69 Å². The van der Waals surface area contributed by atoms with Crippen LogP contribution in [0.3, 0.4) is 0 Å². The molecule has 3 aromatic rings. The summed E-state index contributed by atoms with van der Waals surface area (Å²) in [5.74, 6) is 1.59. The number of aliphatic hydroxyl groups excluding tert-OH is 1. The van der Waals surface area contributed by atoms with Crippen LogP contribution in [0.2, 0.25) is 0 Å². The maximum absolute atomic E-state index is 11.3. The van der Waals surface area contributed by atoms with Gasteiger partial charge in [-0.05, 0) is 66.2 Å². The molecule has 0 aliphatic carbocycles. The normalized spacial score (nSPS) is 11.9. The fraction of sp³-hybridized carbons (Fsp3) is 0.300. The number of hydrogen-bond donors (Lipinski definition) is 1. The van der Waals surface area contributed by atoms with Crippen molar-refractivity contribution in [2.24, 2.45) is 0 Å². The van der Waals surface area contributed by atoms with Crippen LogP contribution in [0.4, 0.5) is 0 Å². The lowest BCUT2D eigenvalue weighted by Crippen LogP contribution is -2.20. The number of ether oxygens (including phenoxy) is 2. The van der Waals surface area contributed by atoms with Gasteiger partial charge in [-0.3, -0.25) is 4.79 Å². The molecule has 0 unspecified atom stereocenters. The van der Waals surface area contributed by atoms with E-state index in [1.54, 1.807) is 36.1 Å². The van der Waals surface area contributed by atoms with Gasteiger partial charge in [0.25, 0.3) is 0 Å². The van der Waals surface area contributed by atoms with E-state index in [1.807, 2.05) is 25.1 Å². The van der Waals surface area contributed by atoms with Crippen molar-refractivity contribution in [3.8, 4) is 17.2 Å². The van der Waals surface area contributed by atoms with Gasteiger partial charge in [0.15, 0.2) is 5.78 Å². The zero-order valence-electron chi connectivity index (χ0n) is 16.4. The van der Waals surface area contributed by atoms with Gasteiger partial charge in [-0.1, -0.05) is 17.8 Å². The fourth-order valence-electron chi connectivity index (χ4n) is 2.58. The summed E-state index contributed by atoms with van der Waals surface area (Å²) in [6.45, 7) is 3.60. The number of carbonyl (C=O) groups is 1. The molecule has 9 heteroatoms. The summed E-state index contributed by atoms with van der Waals surface area (Å²) in [5.41, 5.74) is 2.40. The van der Waals surface area contributed by atoms with Gasteiger partial charge < -0.3 is 14.6 Å². The number of aryl methyl sites for hydroxylation is 1. The van der Waals surface area contributed by atoms with Gasteiger partial charge in [0, 0.05) is 11.3 Å². The van der Waals surface area contributed by atoms with Crippen LogP contribution in [-0.2, 0) is 0 Å². The number of ketones is 1. The minimum Gasteiger partial charge on any atom is -0.494 e. The van der Waals surface area contributed by atoms with Crippen LogP contribution in [0.5, 0.6) is 11.5 Å². The summed E-state index contributed by atoms with van der Waals surface area (Å²) in [5, 5.41) is 22.6.